The lowest BCUT2D eigenvalue weighted by molar-refractivity contribution is 1.03. The van der Waals surface area contributed by atoms with Gasteiger partial charge in [0.05, 0.1) is 17.9 Å². The molecule has 0 atom stereocenters. The van der Waals surface area contributed by atoms with Gasteiger partial charge in [0.15, 0.2) is 0 Å². The average molecular weight is 343 g/mol. The van der Waals surface area contributed by atoms with E-state index in [9.17, 15) is 0 Å². The highest BCUT2D eigenvalue weighted by atomic mass is 79.9. The van der Waals surface area contributed by atoms with Gasteiger partial charge in [-0.15, -0.1) is 0 Å². The third kappa shape index (κ3) is 3.02. The molecule has 0 fully saturated rings. The summed E-state index contributed by atoms with van der Waals surface area (Å²) < 4.78 is 1.80. The number of aromatic nitrogens is 2. The van der Waals surface area contributed by atoms with E-state index in [2.05, 4.69) is 47.1 Å². The monoisotopic (exact) mass is 341 g/mol. The first-order valence-electron chi connectivity index (χ1n) is 4.70. The number of pyridine rings is 2. The van der Waals surface area contributed by atoms with E-state index in [-0.39, 0.29) is 0 Å². The molecule has 0 radical (unpaired) electrons. The number of nitrogens with zero attached hydrogens (tertiary/aromatic N) is 2. The highest BCUT2D eigenvalue weighted by molar-refractivity contribution is 9.10. The van der Waals surface area contributed by atoms with E-state index in [4.69, 9.17) is 0 Å². The van der Waals surface area contributed by atoms with E-state index in [0.29, 0.717) is 6.54 Å². The second-order valence-corrected chi connectivity index (χ2v) is 4.83. The Labute approximate surface area is 111 Å². The van der Waals surface area contributed by atoms with Crippen LogP contribution in [0.3, 0.4) is 0 Å². The van der Waals surface area contributed by atoms with Crippen molar-refractivity contribution in [1.29, 1.82) is 0 Å². The highest BCUT2D eigenvalue weighted by Gasteiger charge is 1.99. The van der Waals surface area contributed by atoms with Crippen molar-refractivity contribution < 1.29 is 0 Å². The predicted molar refractivity (Wildman–Crippen MR) is 71.2 cm³/mol. The molecule has 0 aliphatic rings. The molecule has 3 nitrogen and oxygen atoms in total. The van der Waals surface area contributed by atoms with Crippen LogP contribution in [0.2, 0.25) is 0 Å². The summed E-state index contributed by atoms with van der Waals surface area (Å²) in [5.41, 5.74) is 1.95. The van der Waals surface area contributed by atoms with Crippen molar-refractivity contribution in [3.05, 3.63) is 51.4 Å². The van der Waals surface area contributed by atoms with Gasteiger partial charge < -0.3 is 5.32 Å². The van der Waals surface area contributed by atoms with Crippen LogP contribution >= 0.6 is 31.9 Å². The smallest absolute Gasteiger partial charge is 0.129 e. The van der Waals surface area contributed by atoms with Gasteiger partial charge in [-0.05, 0) is 56.1 Å². The largest absolute Gasteiger partial charge is 0.377 e. The maximum absolute atomic E-state index is 4.28. The Morgan fingerprint density at radius 1 is 1.12 bits per heavy atom. The van der Waals surface area contributed by atoms with Gasteiger partial charge in [0.2, 0.25) is 0 Å². The Bertz CT molecular complexity index is 471. The molecule has 2 aromatic heterocycles. The van der Waals surface area contributed by atoms with Crippen LogP contribution in [0.25, 0.3) is 0 Å². The third-order valence-electron chi connectivity index (χ3n) is 2.01. The molecule has 0 unspecified atom stereocenters. The fourth-order valence-corrected chi connectivity index (χ4v) is 1.84. The summed E-state index contributed by atoms with van der Waals surface area (Å²) in [6, 6.07) is 7.81. The molecule has 1 N–H and O–H groups in total. The predicted octanol–water partition coefficient (Wildman–Crippen LogP) is 3.61. The van der Waals surface area contributed by atoms with Gasteiger partial charge in [-0.25, -0.2) is 4.98 Å². The minimum Gasteiger partial charge on any atom is -0.377 e. The molecule has 0 amide bonds. The van der Waals surface area contributed by atoms with E-state index in [1.165, 1.54) is 0 Å². The molecule has 0 aliphatic carbocycles. The lowest BCUT2D eigenvalue weighted by Gasteiger charge is -2.06. The summed E-state index contributed by atoms with van der Waals surface area (Å²) in [6.45, 7) is 0.678. The highest BCUT2D eigenvalue weighted by Crippen LogP contribution is 2.18. The van der Waals surface area contributed by atoms with Gasteiger partial charge in [0.25, 0.3) is 0 Å². The lowest BCUT2D eigenvalue weighted by Crippen LogP contribution is -2.02. The maximum Gasteiger partial charge on any atom is 0.129 e. The van der Waals surface area contributed by atoms with Gasteiger partial charge in [-0.3, -0.25) is 4.98 Å². The molecule has 0 saturated heterocycles. The molecule has 0 saturated carbocycles. The maximum atomic E-state index is 4.28. The molecule has 5 heteroatoms. The van der Waals surface area contributed by atoms with E-state index < -0.39 is 0 Å². The van der Waals surface area contributed by atoms with Crippen molar-refractivity contribution in [3.63, 3.8) is 0 Å². The molecular weight excluding hydrogens is 334 g/mol. The SMILES string of the molecule is Brc1ccc(CNc2cccnc2Br)nc1. The van der Waals surface area contributed by atoms with E-state index in [0.717, 1.165) is 20.5 Å². The fourth-order valence-electron chi connectivity index (χ4n) is 1.21. The van der Waals surface area contributed by atoms with Crippen LogP contribution in [-0.2, 0) is 6.54 Å². The van der Waals surface area contributed by atoms with Gasteiger partial charge in [-0.1, -0.05) is 0 Å². The number of nitrogens with one attached hydrogen (secondary N) is 1. The molecule has 0 spiro atoms. The zero-order valence-corrected chi connectivity index (χ0v) is 11.5. The summed E-state index contributed by atoms with van der Waals surface area (Å²) in [7, 11) is 0. The summed E-state index contributed by atoms with van der Waals surface area (Å²) in [4.78, 5) is 8.41. The molecule has 2 rings (SSSR count). The number of hydrogen-bond acceptors (Lipinski definition) is 3. The van der Waals surface area contributed by atoms with Crippen molar-refractivity contribution in [1.82, 2.24) is 9.97 Å². The molecule has 16 heavy (non-hydrogen) atoms. The Balaban J connectivity index is 2.02. The van der Waals surface area contributed by atoms with Gasteiger partial charge >= 0.3 is 0 Å². The molecule has 0 bridgehead atoms. The summed E-state index contributed by atoms with van der Waals surface area (Å²) >= 11 is 6.73. The minimum absolute atomic E-state index is 0.678. The van der Waals surface area contributed by atoms with Gasteiger partial charge in [-0.2, -0.15) is 0 Å². The van der Waals surface area contributed by atoms with Crippen molar-refractivity contribution >= 4 is 37.5 Å². The number of rotatable bonds is 3. The van der Waals surface area contributed by atoms with Crippen LogP contribution in [-0.4, -0.2) is 9.97 Å². The molecule has 2 aromatic rings. The van der Waals surface area contributed by atoms with Crippen molar-refractivity contribution in [2.24, 2.45) is 0 Å². The third-order valence-corrected chi connectivity index (χ3v) is 3.11. The second kappa shape index (κ2) is 5.41. The summed E-state index contributed by atoms with van der Waals surface area (Å²) in [6.07, 6.45) is 3.53. The average Bonchev–Trinajstić information content (AvgIpc) is 2.30. The zero-order valence-electron chi connectivity index (χ0n) is 8.32. The Morgan fingerprint density at radius 3 is 2.69 bits per heavy atom. The first-order valence-corrected chi connectivity index (χ1v) is 6.29. The second-order valence-electron chi connectivity index (χ2n) is 3.16. The van der Waals surface area contributed by atoms with E-state index in [1.807, 2.05) is 24.3 Å². The Kier molecular flexibility index (Phi) is 3.90. The van der Waals surface area contributed by atoms with Crippen LogP contribution in [0.4, 0.5) is 5.69 Å². The molecular formula is C11H9Br2N3. The topological polar surface area (TPSA) is 37.8 Å². The van der Waals surface area contributed by atoms with Crippen molar-refractivity contribution in [2.75, 3.05) is 5.32 Å². The molecule has 2 heterocycles. The van der Waals surface area contributed by atoms with Crippen molar-refractivity contribution in [3.8, 4) is 0 Å². The van der Waals surface area contributed by atoms with Crippen LogP contribution < -0.4 is 5.32 Å². The van der Waals surface area contributed by atoms with Crippen LogP contribution in [0.15, 0.2) is 45.7 Å². The standard InChI is InChI=1S/C11H9Br2N3/c12-8-3-4-9(15-6-8)7-16-10-2-1-5-14-11(10)13/h1-6,16H,7H2. The van der Waals surface area contributed by atoms with E-state index >= 15 is 0 Å². The Hall–Kier alpha value is -0.940. The number of anilines is 1. The van der Waals surface area contributed by atoms with Crippen molar-refractivity contribution in [2.45, 2.75) is 6.54 Å². The first kappa shape index (κ1) is 11.5. The summed E-state index contributed by atoms with van der Waals surface area (Å²) in [5.74, 6) is 0. The molecule has 0 aromatic carbocycles. The minimum atomic E-state index is 0.678. The molecule has 0 aliphatic heterocycles. The fraction of sp³-hybridized carbons (Fsp3) is 0.0909. The lowest BCUT2D eigenvalue weighted by atomic mass is 10.3. The first-order chi connectivity index (χ1) is 7.75. The van der Waals surface area contributed by atoms with Crippen LogP contribution in [0.1, 0.15) is 5.69 Å². The zero-order chi connectivity index (χ0) is 11.4. The van der Waals surface area contributed by atoms with Gasteiger partial charge in [0.1, 0.15) is 4.60 Å². The quantitative estimate of drug-likeness (QED) is 0.866. The number of halogens is 2. The molecule has 82 valence electrons. The van der Waals surface area contributed by atoms with Crippen LogP contribution in [0, 0.1) is 0 Å². The van der Waals surface area contributed by atoms with Crippen LogP contribution in [0.5, 0.6) is 0 Å². The Morgan fingerprint density at radius 2 is 2.00 bits per heavy atom. The number of hydrogen-bond donors (Lipinski definition) is 1. The van der Waals surface area contributed by atoms with E-state index in [1.54, 1.807) is 12.4 Å². The normalized spacial score (nSPS) is 10.1. The van der Waals surface area contributed by atoms with Gasteiger partial charge in [0, 0.05) is 16.9 Å². The summed E-state index contributed by atoms with van der Waals surface area (Å²) in [5, 5.41) is 3.26.